The highest BCUT2D eigenvalue weighted by molar-refractivity contribution is 5.78. The van der Waals surface area contributed by atoms with Crippen molar-refractivity contribution in [1.82, 2.24) is 0 Å². The minimum Gasteiger partial charge on any atom is -0.465 e. The standard InChI is InChI=1S/C51H98O5/c1-5-9-13-17-25-33-41-47(39-31-15-11-7-3)50(53)55-45-37-29-23-19-21-27-35-43-49(52)44-36-28-22-20-24-30-38-46-56-51(54)48(40-32-16-12-8-4)42-34-26-18-14-10-6-2/h47-48H,5-46H2,1-4H3. The van der Waals surface area contributed by atoms with Crippen LogP contribution in [0.2, 0.25) is 0 Å². The molecule has 0 saturated carbocycles. The summed E-state index contributed by atoms with van der Waals surface area (Å²) in [7, 11) is 0. The lowest BCUT2D eigenvalue weighted by atomic mass is 9.94. The van der Waals surface area contributed by atoms with E-state index in [0.29, 0.717) is 19.0 Å². The Morgan fingerprint density at radius 1 is 0.304 bits per heavy atom. The molecule has 0 aliphatic rings. The van der Waals surface area contributed by atoms with Crippen LogP contribution in [-0.4, -0.2) is 30.9 Å². The maximum Gasteiger partial charge on any atom is 0.308 e. The van der Waals surface area contributed by atoms with Gasteiger partial charge in [-0.2, -0.15) is 0 Å². The van der Waals surface area contributed by atoms with Crippen LogP contribution in [0.4, 0.5) is 0 Å². The summed E-state index contributed by atoms with van der Waals surface area (Å²) in [5.41, 5.74) is 0. The van der Waals surface area contributed by atoms with Crippen molar-refractivity contribution in [2.45, 2.75) is 285 Å². The quantitative estimate of drug-likeness (QED) is 0.0454. The van der Waals surface area contributed by atoms with E-state index < -0.39 is 0 Å². The predicted molar refractivity (Wildman–Crippen MR) is 241 cm³/mol. The lowest BCUT2D eigenvalue weighted by molar-refractivity contribution is -0.150. The van der Waals surface area contributed by atoms with Crippen molar-refractivity contribution in [1.29, 1.82) is 0 Å². The first-order valence-electron chi connectivity index (χ1n) is 25.3. The molecule has 0 aromatic heterocycles. The maximum absolute atomic E-state index is 12.8. The SMILES string of the molecule is CCCCCCCCC(CCCCCC)C(=O)OCCCCCCCCCC(=O)CCCCCCCCCOC(=O)C(CCCCCC)CCCCCCCC. The van der Waals surface area contributed by atoms with E-state index in [0.717, 1.165) is 116 Å². The van der Waals surface area contributed by atoms with Crippen molar-refractivity contribution >= 4 is 17.7 Å². The highest BCUT2D eigenvalue weighted by atomic mass is 16.5. The largest absolute Gasteiger partial charge is 0.465 e. The number of carbonyl (C=O) groups is 3. The first-order chi connectivity index (χ1) is 27.5. The highest BCUT2D eigenvalue weighted by Crippen LogP contribution is 2.22. The Hall–Kier alpha value is -1.39. The van der Waals surface area contributed by atoms with E-state index in [1.54, 1.807) is 0 Å². The van der Waals surface area contributed by atoms with Crippen LogP contribution in [0, 0.1) is 11.8 Å². The van der Waals surface area contributed by atoms with Gasteiger partial charge in [0.05, 0.1) is 25.0 Å². The first kappa shape index (κ1) is 54.6. The van der Waals surface area contributed by atoms with Gasteiger partial charge in [-0.15, -0.1) is 0 Å². The molecular formula is C51H98O5. The van der Waals surface area contributed by atoms with Crippen LogP contribution in [0.15, 0.2) is 0 Å². The molecule has 2 unspecified atom stereocenters. The number of ketones is 1. The van der Waals surface area contributed by atoms with Crippen LogP contribution < -0.4 is 0 Å². The molecule has 0 bridgehead atoms. The third kappa shape index (κ3) is 38.1. The summed E-state index contributed by atoms with van der Waals surface area (Å²) in [5.74, 6) is 0.753. The van der Waals surface area contributed by atoms with Gasteiger partial charge >= 0.3 is 11.9 Å². The fourth-order valence-corrected chi connectivity index (χ4v) is 8.06. The molecule has 0 rings (SSSR count). The summed E-state index contributed by atoms with van der Waals surface area (Å²) in [6.45, 7) is 10.1. The van der Waals surface area contributed by atoms with Gasteiger partial charge in [-0.05, 0) is 51.4 Å². The van der Waals surface area contributed by atoms with Crippen molar-refractivity contribution in [2.75, 3.05) is 13.2 Å². The number of carbonyl (C=O) groups excluding carboxylic acids is 3. The van der Waals surface area contributed by atoms with Crippen LogP contribution in [0.3, 0.4) is 0 Å². The van der Waals surface area contributed by atoms with Gasteiger partial charge in [-0.3, -0.25) is 14.4 Å². The monoisotopic (exact) mass is 791 g/mol. The molecule has 5 nitrogen and oxygen atoms in total. The van der Waals surface area contributed by atoms with Gasteiger partial charge in [0.25, 0.3) is 0 Å². The molecule has 0 spiro atoms. The number of Topliss-reactive ketones (excluding diaryl/α,β-unsaturated/α-hetero) is 1. The Morgan fingerprint density at radius 3 is 0.839 bits per heavy atom. The average molecular weight is 791 g/mol. The minimum atomic E-state index is 0.0566. The van der Waals surface area contributed by atoms with Gasteiger partial charge in [-0.1, -0.05) is 220 Å². The van der Waals surface area contributed by atoms with Crippen molar-refractivity contribution in [3.05, 3.63) is 0 Å². The molecule has 0 aliphatic carbocycles. The Balaban J connectivity index is 3.81. The van der Waals surface area contributed by atoms with E-state index >= 15 is 0 Å². The van der Waals surface area contributed by atoms with E-state index in [4.69, 9.17) is 9.47 Å². The van der Waals surface area contributed by atoms with Gasteiger partial charge in [-0.25, -0.2) is 0 Å². The second kappa shape index (κ2) is 44.7. The lowest BCUT2D eigenvalue weighted by Crippen LogP contribution is -2.18. The Bertz CT molecular complexity index is 774. The first-order valence-corrected chi connectivity index (χ1v) is 25.3. The normalized spacial score (nSPS) is 12.5. The van der Waals surface area contributed by atoms with Crippen LogP contribution in [-0.2, 0) is 23.9 Å². The Morgan fingerprint density at radius 2 is 0.536 bits per heavy atom. The summed E-state index contributed by atoms with van der Waals surface area (Å²) in [5, 5.41) is 0. The number of esters is 2. The Kier molecular flexibility index (Phi) is 43.6. The molecule has 5 heteroatoms. The maximum atomic E-state index is 12.8. The van der Waals surface area contributed by atoms with Gasteiger partial charge in [0.15, 0.2) is 0 Å². The molecule has 56 heavy (non-hydrogen) atoms. The Labute approximate surface area is 350 Å². The third-order valence-corrected chi connectivity index (χ3v) is 12.0. The number of hydrogen-bond acceptors (Lipinski definition) is 5. The zero-order valence-corrected chi connectivity index (χ0v) is 38.4. The molecule has 0 saturated heterocycles. The number of ether oxygens (including phenoxy) is 2. The van der Waals surface area contributed by atoms with Crippen molar-refractivity contribution in [3.8, 4) is 0 Å². The molecular weight excluding hydrogens is 693 g/mol. The summed E-state index contributed by atoms with van der Waals surface area (Å²) in [6.07, 6.45) is 46.2. The fraction of sp³-hybridized carbons (Fsp3) is 0.941. The van der Waals surface area contributed by atoms with Crippen LogP contribution in [0.5, 0.6) is 0 Å². The second-order valence-corrected chi connectivity index (χ2v) is 17.5. The van der Waals surface area contributed by atoms with Crippen LogP contribution in [0.25, 0.3) is 0 Å². The smallest absolute Gasteiger partial charge is 0.308 e. The van der Waals surface area contributed by atoms with E-state index in [2.05, 4.69) is 27.7 Å². The molecule has 0 aliphatic heterocycles. The van der Waals surface area contributed by atoms with Crippen molar-refractivity contribution < 1.29 is 23.9 Å². The van der Waals surface area contributed by atoms with E-state index in [1.807, 2.05) is 0 Å². The molecule has 0 N–H and O–H groups in total. The zero-order chi connectivity index (χ0) is 41.0. The number of hydrogen-bond donors (Lipinski definition) is 0. The summed E-state index contributed by atoms with van der Waals surface area (Å²) in [6, 6.07) is 0. The van der Waals surface area contributed by atoms with E-state index in [1.165, 1.54) is 141 Å². The predicted octanol–water partition coefficient (Wildman–Crippen LogP) is 16.6. The zero-order valence-electron chi connectivity index (χ0n) is 38.4. The molecule has 332 valence electrons. The summed E-state index contributed by atoms with van der Waals surface area (Å²) in [4.78, 5) is 38.1. The third-order valence-electron chi connectivity index (χ3n) is 12.0. The lowest BCUT2D eigenvalue weighted by Gasteiger charge is -2.16. The van der Waals surface area contributed by atoms with Crippen LogP contribution >= 0.6 is 0 Å². The second-order valence-electron chi connectivity index (χ2n) is 17.5. The number of unbranched alkanes of at least 4 members (excludes halogenated alkanes) is 28. The molecule has 0 radical (unpaired) electrons. The summed E-state index contributed by atoms with van der Waals surface area (Å²) >= 11 is 0. The molecule has 0 aromatic rings. The topological polar surface area (TPSA) is 69.7 Å². The van der Waals surface area contributed by atoms with E-state index in [9.17, 15) is 14.4 Å². The molecule has 2 atom stereocenters. The average Bonchev–Trinajstić information content (AvgIpc) is 3.20. The highest BCUT2D eigenvalue weighted by Gasteiger charge is 2.20. The minimum absolute atomic E-state index is 0.0566. The van der Waals surface area contributed by atoms with Gasteiger partial charge in [0.1, 0.15) is 5.78 Å². The fourth-order valence-electron chi connectivity index (χ4n) is 8.06. The van der Waals surface area contributed by atoms with Crippen molar-refractivity contribution in [3.63, 3.8) is 0 Å². The van der Waals surface area contributed by atoms with Gasteiger partial charge < -0.3 is 9.47 Å². The molecule has 0 fully saturated rings. The molecule has 0 amide bonds. The van der Waals surface area contributed by atoms with Gasteiger partial charge in [0.2, 0.25) is 0 Å². The number of rotatable bonds is 46. The van der Waals surface area contributed by atoms with Crippen molar-refractivity contribution in [2.24, 2.45) is 11.8 Å². The summed E-state index contributed by atoms with van der Waals surface area (Å²) < 4.78 is 11.5. The van der Waals surface area contributed by atoms with E-state index in [-0.39, 0.29) is 23.8 Å². The van der Waals surface area contributed by atoms with Crippen LogP contribution in [0.1, 0.15) is 285 Å². The van der Waals surface area contributed by atoms with Gasteiger partial charge in [0, 0.05) is 12.8 Å². The molecule has 0 heterocycles. The molecule has 0 aromatic carbocycles.